The van der Waals surface area contributed by atoms with Crippen molar-refractivity contribution in [2.75, 3.05) is 13.2 Å². The third-order valence-electron chi connectivity index (χ3n) is 3.47. The van der Waals surface area contributed by atoms with Gasteiger partial charge in [-0.2, -0.15) is 0 Å². The van der Waals surface area contributed by atoms with Crippen LogP contribution < -0.4 is 0 Å². The summed E-state index contributed by atoms with van der Waals surface area (Å²) in [4.78, 5) is 36.2. The molecule has 0 aromatic heterocycles. The first-order valence-corrected chi connectivity index (χ1v) is 6.96. The molecule has 0 radical (unpaired) electrons. The molecule has 1 heterocycles. The Bertz CT molecular complexity index is 507. The minimum atomic E-state index is -2.42. The van der Waals surface area contributed by atoms with Crippen LogP contribution in [-0.2, 0) is 28.6 Å². The monoisotopic (exact) mass is 298 g/mol. The van der Waals surface area contributed by atoms with Crippen molar-refractivity contribution < 1.29 is 33.7 Å². The second kappa shape index (κ2) is 5.85. The summed E-state index contributed by atoms with van der Waals surface area (Å²) in [6, 6.07) is 0. The van der Waals surface area contributed by atoms with Gasteiger partial charge in [-0.25, -0.2) is 9.59 Å². The summed E-state index contributed by atoms with van der Waals surface area (Å²) < 4.78 is 15.0. The lowest BCUT2D eigenvalue weighted by Crippen LogP contribution is -2.55. The molecule has 1 aliphatic heterocycles. The first kappa shape index (κ1) is 15.5. The highest BCUT2D eigenvalue weighted by molar-refractivity contribution is 6.08. The average Bonchev–Trinajstić information content (AvgIpc) is 2.75. The summed E-state index contributed by atoms with van der Waals surface area (Å²) in [5.41, 5.74) is -2.58. The highest BCUT2D eigenvalue weighted by Crippen LogP contribution is 2.42. The Morgan fingerprint density at radius 3 is 2.57 bits per heavy atom. The van der Waals surface area contributed by atoms with Crippen LogP contribution in [0.1, 0.15) is 33.1 Å². The van der Waals surface area contributed by atoms with Crippen LogP contribution >= 0.6 is 0 Å². The number of hydrogen-bond acceptors (Lipinski definition) is 7. The summed E-state index contributed by atoms with van der Waals surface area (Å²) in [6.45, 7) is 3.23. The molecule has 0 aromatic carbocycles. The van der Waals surface area contributed by atoms with E-state index in [1.807, 2.05) is 0 Å². The largest absolute Gasteiger partial charge is 0.478 e. The van der Waals surface area contributed by atoms with Gasteiger partial charge in [0.15, 0.2) is 5.78 Å². The molecule has 2 atom stereocenters. The van der Waals surface area contributed by atoms with Crippen molar-refractivity contribution in [3.63, 3.8) is 0 Å². The van der Waals surface area contributed by atoms with Crippen molar-refractivity contribution in [3.8, 4) is 0 Å². The Labute approximate surface area is 121 Å². The Kier molecular flexibility index (Phi) is 4.32. The van der Waals surface area contributed by atoms with Gasteiger partial charge in [0.1, 0.15) is 5.76 Å². The zero-order valence-corrected chi connectivity index (χ0v) is 12.0. The smallest absolute Gasteiger partial charge is 0.351 e. The lowest BCUT2D eigenvalue weighted by atomic mass is 9.82. The molecule has 1 N–H and O–H groups in total. The second-order valence-corrected chi connectivity index (χ2v) is 4.81. The number of rotatable bonds is 4. The van der Waals surface area contributed by atoms with E-state index < -0.39 is 29.4 Å². The van der Waals surface area contributed by atoms with Crippen molar-refractivity contribution in [1.82, 2.24) is 0 Å². The van der Waals surface area contributed by atoms with E-state index >= 15 is 0 Å². The minimum Gasteiger partial charge on any atom is -0.478 e. The standard InChI is InChI=1S/C14H18O7/c1-3-19-12(16)11-14(18,13(17)20-4-2)10-8(15)6-5-7-9(10)21-11/h11,18H,3-7H2,1-2H3/t11-,14+/m0/s1. The number of aliphatic hydroxyl groups is 1. The van der Waals surface area contributed by atoms with Crippen molar-refractivity contribution in [1.29, 1.82) is 0 Å². The minimum absolute atomic E-state index is 0.00743. The van der Waals surface area contributed by atoms with Crippen LogP contribution in [0.25, 0.3) is 0 Å². The van der Waals surface area contributed by atoms with Crippen LogP contribution in [0, 0.1) is 0 Å². The van der Waals surface area contributed by atoms with Gasteiger partial charge in [0.2, 0.25) is 11.7 Å². The molecule has 2 rings (SSSR count). The number of hydrogen-bond donors (Lipinski definition) is 1. The van der Waals surface area contributed by atoms with E-state index in [-0.39, 0.29) is 31.0 Å². The fourth-order valence-corrected chi connectivity index (χ4v) is 2.60. The van der Waals surface area contributed by atoms with E-state index in [1.165, 1.54) is 0 Å². The maximum absolute atomic E-state index is 12.1. The number of Topliss-reactive ketones (excluding diaryl/α,β-unsaturated/α-hetero) is 1. The quantitative estimate of drug-likeness (QED) is 0.743. The van der Waals surface area contributed by atoms with Crippen LogP contribution in [0.5, 0.6) is 0 Å². The topological polar surface area (TPSA) is 99.1 Å². The molecule has 0 spiro atoms. The van der Waals surface area contributed by atoms with Crippen LogP contribution in [0.4, 0.5) is 0 Å². The molecular formula is C14H18O7. The van der Waals surface area contributed by atoms with Crippen LogP contribution in [0.15, 0.2) is 11.3 Å². The molecule has 1 aliphatic carbocycles. The fraction of sp³-hybridized carbons (Fsp3) is 0.643. The predicted octanol–water partition coefficient (Wildman–Crippen LogP) is 0.250. The van der Waals surface area contributed by atoms with Gasteiger partial charge >= 0.3 is 11.9 Å². The molecular weight excluding hydrogens is 280 g/mol. The van der Waals surface area contributed by atoms with Crippen molar-refractivity contribution >= 4 is 17.7 Å². The molecule has 7 heteroatoms. The Balaban J connectivity index is 2.44. The van der Waals surface area contributed by atoms with E-state index in [4.69, 9.17) is 14.2 Å². The Hall–Kier alpha value is -1.89. The summed E-state index contributed by atoms with van der Waals surface area (Å²) in [6.07, 6.45) is -0.465. The molecule has 0 saturated carbocycles. The van der Waals surface area contributed by atoms with E-state index in [9.17, 15) is 19.5 Å². The first-order chi connectivity index (χ1) is 9.96. The molecule has 0 saturated heterocycles. The summed E-state index contributed by atoms with van der Waals surface area (Å²) in [7, 11) is 0. The lowest BCUT2D eigenvalue weighted by Gasteiger charge is -2.26. The highest BCUT2D eigenvalue weighted by atomic mass is 16.6. The summed E-state index contributed by atoms with van der Waals surface area (Å²) >= 11 is 0. The summed E-state index contributed by atoms with van der Waals surface area (Å²) in [5.74, 6) is -2.18. The van der Waals surface area contributed by atoms with Gasteiger partial charge in [-0.05, 0) is 20.3 Å². The average molecular weight is 298 g/mol. The molecule has 21 heavy (non-hydrogen) atoms. The molecule has 0 fully saturated rings. The zero-order chi connectivity index (χ0) is 15.6. The number of ketones is 1. The maximum atomic E-state index is 12.1. The molecule has 0 bridgehead atoms. The van der Waals surface area contributed by atoms with E-state index in [0.717, 1.165) is 0 Å². The van der Waals surface area contributed by atoms with Gasteiger partial charge in [-0.1, -0.05) is 0 Å². The van der Waals surface area contributed by atoms with Gasteiger partial charge < -0.3 is 19.3 Å². The van der Waals surface area contributed by atoms with Gasteiger partial charge in [-0.15, -0.1) is 0 Å². The van der Waals surface area contributed by atoms with Gasteiger partial charge in [0.25, 0.3) is 0 Å². The maximum Gasteiger partial charge on any atom is 0.351 e. The SMILES string of the molecule is CCOC(=O)[C@@H]1OC2=C(C(=O)CCC2)[C@]1(O)C(=O)OCC. The molecule has 0 amide bonds. The number of ether oxygens (including phenoxy) is 3. The summed E-state index contributed by atoms with van der Waals surface area (Å²) in [5, 5.41) is 10.7. The molecule has 0 unspecified atom stereocenters. The number of carbonyl (C=O) groups is 3. The second-order valence-electron chi connectivity index (χ2n) is 4.81. The molecule has 2 aliphatic rings. The normalized spacial score (nSPS) is 28.0. The Morgan fingerprint density at radius 1 is 1.29 bits per heavy atom. The lowest BCUT2D eigenvalue weighted by molar-refractivity contribution is -0.181. The van der Waals surface area contributed by atoms with Gasteiger partial charge in [0, 0.05) is 12.8 Å². The number of esters is 2. The third-order valence-corrected chi connectivity index (χ3v) is 3.47. The predicted molar refractivity (Wildman–Crippen MR) is 69.0 cm³/mol. The first-order valence-electron chi connectivity index (χ1n) is 6.96. The molecule has 0 aromatic rings. The van der Waals surface area contributed by atoms with Crippen LogP contribution in [-0.4, -0.2) is 47.7 Å². The van der Waals surface area contributed by atoms with E-state index in [2.05, 4.69) is 0 Å². The van der Waals surface area contributed by atoms with E-state index in [0.29, 0.717) is 12.8 Å². The van der Waals surface area contributed by atoms with Crippen molar-refractivity contribution in [3.05, 3.63) is 11.3 Å². The van der Waals surface area contributed by atoms with Crippen LogP contribution in [0.2, 0.25) is 0 Å². The molecule has 116 valence electrons. The van der Waals surface area contributed by atoms with Crippen molar-refractivity contribution in [2.24, 2.45) is 0 Å². The van der Waals surface area contributed by atoms with Gasteiger partial charge in [-0.3, -0.25) is 4.79 Å². The van der Waals surface area contributed by atoms with Crippen LogP contribution in [0.3, 0.4) is 0 Å². The van der Waals surface area contributed by atoms with Crippen molar-refractivity contribution in [2.45, 2.75) is 44.8 Å². The third kappa shape index (κ3) is 2.42. The van der Waals surface area contributed by atoms with E-state index in [1.54, 1.807) is 13.8 Å². The Morgan fingerprint density at radius 2 is 1.95 bits per heavy atom. The highest BCUT2D eigenvalue weighted by Gasteiger charge is 2.62. The molecule has 7 nitrogen and oxygen atoms in total. The number of carbonyl (C=O) groups excluding carboxylic acids is 3. The fourth-order valence-electron chi connectivity index (χ4n) is 2.60. The van der Waals surface area contributed by atoms with Gasteiger partial charge in [0.05, 0.1) is 18.8 Å². The zero-order valence-electron chi connectivity index (χ0n) is 12.0. The number of allylic oxidation sites excluding steroid dienone is 1.